The van der Waals surface area contributed by atoms with Gasteiger partial charge in [-0.15, -0.1) is 0 Å². The fourth-order valence-electron chi connectivity index (χ4n) is 2.63. The van der Waals surface area contributed by atoms with Gasteiger partial charge >= 0.3 is 0 Å². The van der Waals surface area contributed by atoms with Gasteiger partial charge in [0.05, 0.1) is 0 Å². The Bertz CT molecular complexity index is 955. The van der Waals surface area contributed by atoms with E-state index in [-0.39, 0.29) is 11.5 Å². The molecule has 0 radical (unpaired) electrons. The summed E-state index contributed by atoms with van der Waals surface area (Å²) in [5.74, 6) is 0.00167. The lowest BCUT2D eigenvalue weighted by Gasteiger charge is -2.15. The van der Waals surface area contributed by atoms with Gasteiger partial charge in [-0.3, -0.25) is 4.79 Å². The van der Waals surface area contributed by atoms with E-state index in [0.717, 1.165) is 11.8 Å². The van der Waals surface area contributed by atoms with Crippen molar-refractivity contribution in [1.82, 2.24) is 4.98 Å². The van der Waals surface area contributed by atoms with Crippen molar-refractivity contribution in [1.29, 1.82) is 5.41 Å². The highest BCUT2D eigenvalue weighted by molar-refractivity contribution is 5.99. The molecule has 130 valence electrons. The van der Waals surface area contributed by atoms with E-state index in [1.165, 1.54) is 6.07 Å². The molecule has 0 spiro atoms. The van der Waals surface area contributed by atoms with Crippen LogP contribution in [-0.2, 0) is 6.61 Å². The van der Waals surface area contributed by atoms with Gasteiger partial charge in [0.15, 0.2) is 0 Å². The Kier molecular flexibility index (Phi) is 4.94. The van der Waals surface area contributed by atoms with Gasteiger partial charge in [-0.2, -0.15) is 0 Å². The topological polar surface area (TPSA) is 115 Å². The van der Waals surface area contributed by atoms with Gasteiger partial charge in [0, 0.05) is 22.9 Å². The molecule has 1 aromatic heterocycles. The smallest absolute Gasteiger partial charge is 0.267 e. The molecular formula is C20H18N4O2. The molecular weight excluding hydrogens is 328 g/mol. The summed E-state index contributed by atoms with van der Waals surface area (Å²) in [6, 6.07) is 18.7. The first-order chi connectivity index (χ1) is 12.6. The number of aromatic nitrogens is 1. The van der Waals surface area contributed by atoms with Crippen molar-refractivity contribution in [2.45, 2.75) is 6.61 Å². The minimum Gasteiger partial charge on any atom is -0.488 e. The molecule has 0 aliphatic carbocycles. The molecule has 3 rings (SSSR count). The summed E-state index contributed by atoms with van der Waals surface area (Å²) in [6.45, 7) is 0.390. The number of ether oxygens (including phenoxy) is 1. The van der Waals surface area contributed by atoms with Crippen LogP contribution in [0, 0.1) is 5.41 Å². The lowest BCUT2D eigenvalue weighted by molar-refractivity contribution is 0.0995. The maximum Gasteiger partial charge on any atom is 0.267 e. The van der Waals surface area contributed by atoms with E-state index in [9.17, 15) is 4.79 Å². The fraction of sp³-hybridized carbons (Fsp3) is 0.0500. The third-order valence-electron chi connectivity index (χ3n) is 3.90. The van der Waals surface area contributed by atoms with Crippen molar-refractivity contribution in [3.63, 3.8) is 0 Å². The van der Waals surface area contributed by atoms with Crippen LogP contribution in [0.5, 0.6) is 5.75 Å². The van der Waals surface area contributed by atoms with E-state index in [4.69, 9.17) is 21.6 Å². The van der Waals surface area contributed by atoms with Crippen LogP contribution >= 0.6 is 0 Å². The second-order valence-corrected chi connectivity index (χ2v) is 5.63. The van der Waals surface area contributed by atoms with Crippen molar-refractivity contribution >= 4 is 17.9 Å². The SMILES string of the molecule is N=Cc1c(-c2ccccc2OCc2ccccc2)cc(C(N)=O)nc1N. The highest BCUT2D eigenvalue weighted by atomic mass is 16.5. The van der Waals surface area contributed by atoms with E-state index >= 15 is 0 Å². The van der Waals surface area contributed by atoms with Crippen molar-refractivity contribution in [3.05, 3.63) is 77.5 Å². The third kappa shape index (κ3) is 3.54. The molecule has 1 amide bonds. The molecule has 26 heavy (non-hydrogen) atoms. The lowest BCUT2D eigenvalue weighted by atomic mass is 9.99. The standard InChI is InChI=1S/C20H18N4O2/c21-11-16-15(10-17(20(23)25)24-19(16)22)14-8-4-5-9-18(14)26-12-13-6-2-1-3-7-13/h1-11,21H,12H2,(H2,22,24)(H2,23,25). The van der Waals surface area contributed by atoms with Gasteiger partial charge in [0.2, 0.25) is 0 Å². The van der Waals surface area contributed by atoms with E-state index in [2.05, 4.69) is 4.98 Å². The zero-order valence-corrected chi connectivity index (χ0v) is 14.0. The van der Waals surface area contributed by atoms with Crippen LogP contribution in [0.4, 0.5) is 5.82 Å². The number of nitrogens with one attached hydrogen (secondary N) is 1. The number of rotatable bonds is 6. The summed E-state index contributed by atoms with van der Waals surface area (Å²) >= 11 is 0. The van der Waals surface area contributed by atoms with Gasteiger partial charge in [-0.05, 0) is 17.7 Å². The maximum absolute atomic E-state index is 11.5. The van der Waals surface area contributed by atoms with Gasteiger partial charge in [0.25, 0.3) is 5.91 Å². The maximum atomic E-state index is 11.5. The number of benzene rings is 2. The summed E-state index contributed by atoms with van der Waals surface area (Å²) in [5, 5.41) is 7.66. The number of nitrogens with zero attached hydrogens (tertiary/aromatic N) is 1. The van der Waals surface area contributed by atoms with Crippen molar-refractivity contribution in [2.75, 3.05) is 5.73 Å². The number of carbonyl (C=O) groups excluding carboxylic acids is 1. The number of nitrogens with two attached hydrogens (primary N) is 2. The van der Waals surface area contributed by atoms with Crippen molar-refractivity contribution in [2.24, 2.45) is 5.73 Å². The number of para-hydroxylation sites is 1. The Balaban J connectivity index is 2.04. The van der Waals surface area contributed by atoms with Crippen LogP contribution in [0.25, 0.3) is 11.1 Å². The second-order valence-electron chi connectivity index (χ2n) is 5.63. The number of carbonyl (C=O) groups is 1. The number of hydrogen-bond donors (Lipinski definition) is 3. The van der Waals surface area contributed by atoms with E-state index in [1.54, 1.807) is 0 Å². The van der Waals surface area contributed by atoms with Crippen molar-refractivity contribution < 1.29 is 9.53 Å². The van der Waals surface area contributed by atoms with E-state index in [0.29, 0.717) is 29.0 Å². The molecule has 6 nitrogen and oxygen atoms in total. The Morgan fingerprint density at radius 2 is 1.77 bits per heavy atom. The van der Waals surface area contributed by atoms with Crippen LogP contribution in [0.2, 0.25) is 0 Å². The zero-order valence-electron chi connectivity index (χ0n) is 14.0. The minimum atomic E-state index is -0.683. The van der Waals surface area contributed by atoms with Crippen LogP contribution in [0.1, 0.15) is 21.6 Å². The zero-order chi connectivity index (χ0) is 18.5. The Hall–Kier alpha value is -3.67. The highest BCUT2D eigenvalue weighted by Gasteiger charge is 2.16. The average Bonchev–Trinajstić information content (AvgIpc) is 2.66. The van der Waals surface area contributed by atoms with E-state index < -0.39 is 5.91 Å². The largest absolute Gasteiger partial charge is 0.488 e. The molecule has 0 bridgehead atoms. The molecule has 2 aromatic carbocycles. The highest BCUT2D eigenvalue weighted by Crippen LogP contribution is 2.34. The summed E-state index contributed by atoms with van der Waals surface area (Å²) in [5.41, 5.74) is 14.0. The normalized spacial score (nSPS) is 10.3. The third-order valence-corrected chi connectivity index (χ3v) is 3.90. The second kappa shape index (κ2) is 7.48. The Labute approximate surface area is 151 Å². The monoisotopic (exact) mass is 346 g/mol. The summed E-state index contributed by atoms with van der Waals surface area (Å²) < 4.78 is 5.96. The lowest BCUT2D eigenvalue weighted by Crippen LogP contribution is -2.15. The number of amides is 1. The average molecular weight is 346 g/mol. The summed E-state index contributed by atoms with van der Waals surface area (Å²) in [4.78, 5) is 15.5. The van der Waals surface area contributed by atoms with Crippen LogP contribution in [-0.4, -0.2) is 17.1 Å². The van der Waals surface area contributed by atoms with Crippen molar-refractivity contribution in [3.8, 4) is 16.9 Å². The molecule has 0 saturated carbocycles. The van der Waals surface area contributed by atoms with E-state index in [1.807, 2.05) is 54.6 Å². The summed E-state index contributed by atoms with van der Waals surface area (Å²) in [7, 11) is 0. The van der Waals surface area contributed by atoms with Crippen LogP contribution in [0.3, 0.4) is 0 Å². The number of nitrogen functional groups attached to an aromatic ring is 1. The molecule has 5 N–H and O–H groups in total. The van der Waals surface area contributed by atoms with Gasteiger partial charge < -0.3 is 21.6 Å². The number of pyridine rings is 1. The van der Waals surface area contributed by atoms with Crippen LogP contribution < -0.4 is 16.2 Å². The molecule has 0 saturated heterocycles. The number of primary amides is 1. The predicted molar refractivity (Wildman–Crippen MR) is 101 cm³/mol. The first kappa shape index (κ1) is 17.2. The molecule has 3 aromatic rings. The van der Waals surface area contributed by atoms with Gasteiger partial charge in [-0.25, -0.2) is 4.98 Å². The first-order valence-corrected chi connectivity index (χ1v) is 7.97. The number of anilines is 1. The molecule has 0 unspecified atom stereocenters. The molecule has 1 heterocycles. The summed E-state index contributed by atoms with van der Waals surface area (Å²) in [6.07, 6.45) is 1.11. The quantitative estimate of drug-likeness (QED) is 0.595. The van der Waals surface area contributed by atoms with Gasteiger partial charge in [0.1, 0.15) is 23.9 Å². The molecule has 0 fully saturated rings. The minimum absolute atomic E-state index is 0.0426. The van der Waals surface area contributed by atoms with Gasteiger partial charge in [-0.1, -0.05) is 48.5 Å². The predicted octanol–water partition coefficient (Wildman–Crippen LogP) is 3.01. The molecule has 6 heteroatoms. The molecule has 0 aliphatic rings. The Morgan fingerprint density at radius 1 is 1.08 bits per heavy atom. The Morgan fingerprint density at radius 3 is 2.46 bits per heavy atom. The molecule has 0 atom stereocenters. The van der Waals surface area contributed by atoms with Crippen LogP contribution in [0.15, 0.2) is 60.7 Å². The number of hydrogen-bond acceptors (Lipinski definition) is 5. The first-order valence-electron chi connectivity index (χ1n) is 7.97. The fourth-order valence-corrected chi connectivity index (χ4v) is 2.63. The molecule has 0 aliphatic heterocycles.